The molecular weight excluding hydrogens is 339 g/mol. The normalized spacial score (nSPS) is 15.3. The number of alkyl halides is 3. The molecule has 1 aromatic rings. The van der Waals surface area contributed by atoms with Gasteiger partial charge in [-0.2, -0.15) is 13.2 Å². The average Bonchev–Trinajstić information content (AvgIpc) is 2.64. The van der Waals surface area contributed by atoms with Crippen molar-refractivity contribution < 1.29 is 18.0 Å². The molecule has 0 unspecified atom stereocenters. The summed E-state index contributed by atoms with van der Waals surface area (Å²) < 4.78 is 37.5. The predicted octanol–water partition coefficient (Wildman–Crippen LogP) is 5.99. The molecule has 0 saturated carbocycles. The third kappa shape index (κ3) is 7.38. The summed E-state index contributed by atoms with van der Waals surface area (Å²) in [6, 6.07) is 5.48. The van der Waals surface area contributed by atoms with E-state index in [0.29, 0.717) is 12.3 Å². The first-order valence-electron chi connectivity index (χ1n) is 9.91. The Morgan fingerprint density at radius 3 is 2.04 bits per heavy atom. The molecule has 1 aliphatic rings. The van der Waals surface area contributed by atoms with Crippen LogP contribution in [0.1, 0.15) is 75.3 Å². The molecule has 0 aromatic heterocycles. The van der Waals surface area contributed by atoms with Crippen LogP contribution >= 0.6 is 0 Å². The number of nitrogens with zero attached hydrogens (tertiary/aromatic N) is 1. The summed E-state index contributed by atoms with van der Waals surface area (Å²) in [5, 5.41) is 0. The fourth-order valence-electron chi connectivity index (χ4n) is 3.47. The van der Waals surface area contributed by atoms with Gasteiger partial charge >= 0.3 is 6.18 Å². The van der Waals surface area contributed by atoms with Crippen molar-refractivity contribution >= 4 is 5.91 Å². The van der Waals surface area contributed by atoms with E-state index in [9.17, 15) is 18.0 Å². The van der Waals surface area contributed by atoms with Crippen LogP contribution in [0.15, 0.2) is 24.3 Å². The number of unbranched alkanes of at least 4 members (excludes halogenated alkanes) is 5. The maximum Gasteiger partial charge on any atom is 0.416 e. The fourth-order valence-corrected chi connectivity index (χ4v) is 3.47. The Morgan fingerprint density at radius 1 is 0.846 bits per heavy atom. The minimum absolute atomic E-state index is 0.312. The van der Waals surface area contributed by atoms with Crippen LogP contribution in [0.5, 0.6) is 0 Å². The Balaban J connectivity index is 1.48. The topological polar surface area (TPSA) is 20.3 Å². The van der Waals surface area contributed by atoms with Gasteiger partial charge in [-0.3, -0.25) is 4.79 Å². The van der Waals surface area contributed by atoms with Gasteiger partial charge in [-0.1, -0.05) is 37.8 Å². The molecule has 1 fully saturated rings. The average molecular weight is 369 g/mol. The molecule has 0 atom stereocenters. The first kappa shape index (κ1) is 20.8. The van der Waals surface area contributed by atoms with Gasteiger partial charge in [0.05, 0.1) is 5.56 Å². The maximum absolute atomic E-state index is 12.5. The van der Waals surface area contributed by atoms with Crippen LogP contribution in [0.4, 0.5) is 13.2 Å². The second-order valence-electron chi connectivity index (χ2n) is 7.26. The Hall–Kier alpha value is -1.52. The summed E-state index contributed by atoms with van der Waals surface area (Å²) in [4.78, 5) is 14.0. The highest BCUT2D eigenvalue weighted by atomic mass is 19.4. The summed E-state index contributed by atoms with van der Waals surface area (Å²) in [5.41, 5.74) is 0.380. The number of hydrogen-bond acceptors (Lipinski definition) is 1. The number of halogens is 3. The van der Waals surface area contributed by atoms with Crippen molar-refractivity contribution in [2.24, 2.45) is 0 Å². The minimum Gasteiger partial charge on any atom is -0.343 e. The lowest BCUT2D eigenvalue weighted by Gasteiger charge is -2.26. The number of carbonyl (C=O) groups is 1. The van der Waals surface area contributed by atoms with E-state index >= 15 is 0 Å². The van der Waals surface area contributed by atoms with E-state index in [1.807, 2.05) is 4.90 Å². The van der Waals surface area contributed by atoms with Gasteiger partial charge in [-0.05, 0) is 56.2 Å². The lowest BCUT2D eigenvalue weighted by Crippen LogP contribution is -2.35. The van der Waals surface area contributed by atoms with E-state index in [1.54, 1.807) is 12.1 Å². The summed E-state index contributed by atoms with van der Waals surface area (Å²) in [6.07, 6.45) is 7.16. The molecule has 0 radical (unpaired) electrons. The first-order chi connectivity index (χ1) is 12.5. The lowest BCUT2D eigenvalue weighted by molar-refractivity contribution is -0.137. The molecule has 26 heavy (non-hydrogen) atoms. The van der Waals surface area contributed by atoms with E-state index in [2.05, 4.69) is 0 Å². The van der Waals surface area contributed by atoms with E-state index in [4.69, 9.17) is 0 Å². The molecule has 1 aromatic carbocycles. The zero-order valence-electron chi connectivity index (χ0n) is 15.5. The number of rotatable bonds is 9. The number of amides is 1. The summed E-state index contributed by atoms with van der Waals surface area (Å²) in [5.74, 6) is 0.312. The van der Waals surface area contributed by atoms with Crippen molar-refractivity contribution in [3.05, 3.63) is 35.4 Å². The molecule has 1 saturated heterocycles. The van der Waals surface area contributed by atoms with E-state index in [-0.39, 0.29) is 0 Å². The molecule has 0 spiro atoms. The molecule has 2 rings (SSSR count). The van der Waals surface area contributed by atoms with Gasteiger partial charge in [-0.15, -0.1) is 0 Å². The van der Waals surface area contributed by atoms with Crippen LogP contribution < -0.4 is 0 Å². The molecule has 0 N–H and O–H groups in total. The van der Waals surface area contributed by atoms with E-state index < -0.39 is 11.7 Å². The molecule has 1 amide bonds. The Bertz CT molecular complexity index is 533. The van der Waals surface area contributed by atoms with Crippen LogP contribution in [-0.2, 0) is 17.4 Å². The Morgan fingerprint density at radius 2 is 1.42 bits per heavy atom. The second-order valence-corrected chi connectivity index (χ2v) is 7.26. The summed E-state index contributed by atoms with van der Waals surface area (Å²) >= 11 is 0. The third-order valence-electron chi connectivity index (χ3n) is 5.10. The summed E-state index contributed by atoms with van der Waals surface area (Å²) in [7, 11) is 0. The van der Waals surface area contributed by atoms with Gasteiger partial charge in [0.25, 0.3) is 0 Å². The molecule has 0 aliphatic carbocycles. The molecule has 2 nitrogen and oxygen atoms in total. The van der Waals surface area contributed by atoms with Gasteiger partial charge in [-0.25, -0.2) is 0 Å². The largest absolute Gasteiger partial charge is 0.416 e. The van der Waals surface area contributed by atoms with E-state index in [0.717, 1.165) is 88.6 Å². The van der Waals surface area contributed by atoms with Crippen molar-refractivity contribution in [1.29, 1.82) is 0 Å². The smallest absolute Gasteiger partial charge is 0.343 e. The highest BCUT2D eigenvalue weighted by Crippen LogP contribution is 2.29. The van der Waals surface area contributed by atoms with Gasteiger partial charge in [0.1, 0.15) is 0 Å². The number of likely N-dealkylation sites (tertiary alicyclic amines) is 1. The fraction of sp³-hybridized carbons (Fsp3) is 0.667. The zero-order valence-corrected chi connectivity index (χ0v) is 15.5. The van der Waals surface area contributed by atoms with Crippen molar-refractivity contribution in [3.8, 4) is 0 Å². The number of hydrogen-bond donors (Lipinski definition) is 0. The Kier molecular flexibility index (Phi) is 8.46. The number of benzene rings is 1. The monoisotopic (exact) mass is 369 g/mol. The molecule has 0 bridgehead atoms. The standard InChI is InChI=1S/C21H30F3NO/c22-21(23,24)19-14-12-18(13-15-19)10-6-3-1-2-4-7-11-20(26)25-16-8-5-9-17-25/h12-15H,1-11,16-17H2. The number of piperidine rings is 1. The molecule has 1 aliphatic heterocycles. The van der Waals surface area contributed by atoms with Crippen LogP contribution in [0.2, 0.25) is 0 Å². The lowest BCUT2D eigenvalue weighted by atomic mass is 10.0. The van der Waals surface area contributed by atoms with Crippen molar-refractivity contribution in [1.82, 2.24) is 4.90 Å². The minimum atomic E-state index is -4.26. The number of carbonyl (C=O) groups excluding carboxylic acids is 1. The van der Waals surface area contributed by atoms with Crippen molar-refractivity contribution in [3.63, 3.8) is 0 Å². The van der Waals surface area contributed by atoms with Gasteiger partial charge < -0.3 is 4.90 Å². The van der Waals surface area contributed by atoms with Gasteiger partial charge in [0.15, 0.2) is 0 Å². The highest BCUT2D eigenvalue weighted by Gasteiger charge is 2.29. The third-order valence-corrected chi connectivity index (χ3v) is 5.10. The summed E-state index contributed by atoms with van der Waals surface area (Å²) in [6.45, 7) is 1.87. The quantitative estimate of drug-likeness (QED) is 0.490. The van der Waals surface area contributed by atoms with Crippen LogP contribution in [0, 0.1) is 0 Å². The molecule has 5 heteroatoms. The van der Waals surface area contributed by atoms with Crippen molar-refractivity contribution in [2.45, 2.75) is 76.8 Å². The Labute approximate surface area is 154 Å². The molecular formula is C21H30F3NO. The van der Waals surface area contributed by atoms with Gasteiger partial charge in [0, 0.05) is 19.5 Å². The zero-order chi connectivity index (χ0) is 18.8. The van der Waals surface area contributed by atoms with Gasteiger partial charge in [0.2, 0.25) is 5.91 Å². The van der Waals surface area contributed by atoms with Crippen molar-refractivity contribution in [2.75, 3.05) is 13.1 Å². The molecule has 146 valence electrons. The molecule has 1 heterocycles. The SMILES string of the molecule is O=C(CCCCCCCCc1ccc(C(F)(F)F)cc1)N1CCCCC1. The van der Waals surface area contributed by atoms with E-state index in [1.165, 1.54) is 6.42 Å². The first-order valence-corrected chi connectivity index (χ1v) is 9.91. The van der Waals surface area contributed by atoms with Crippen LogP contribution in [0.25, 0.3) is 0 Å². The van der Waals surface area contributed by atoms with Crippen LogP contribution in [-0.4, -0.2) is 23.9 Å². The maximum atomic E-state index is 12.5. The predicted molar refractivity (Wildman–Crippen MR) is 97.9 cm³/mol. The van der Waals surface area contributed by atoms with Crippen LogP contribution in [0.3, 0.4) is 0 Å². The number of aryl methyl sites for hydroxylation is 1. The highest BCUT2D eigenvalue weighted by molar-refractivity contribution is 5.76. The second kappa shape index (κ2) is 10.6.